The molecule has 118 valence electrons. The van der Waals surface area contributed by atoms with Crippen LogP contribution < -0.4 is 4.90 Å². The number of anilines is 2. The van der Waals surface area contributed by atoms with Gasteiger partial charge < -0.3 is 4.90 Å². The summed E-state index contributed by atoms with van der Waals surface area (Å²) in [4.78, 5) is 7.27. The average molecular weight is 322 g/mol. The van der Waals surface area contributed by atoms with E-state index in [1.165, 1.54) is 21.2 Å². The minimum absolute atomic E-state index is 0.732. The van der Waals surface area contributed by atoms with E-state index in [4.69, 9.17) is 0 Å². The molecule has 0 unspecified atom stereocenters. The van der Waals surface area contributed by atoms with Gasteiger partial charge in [0.2, 0.25) is 0 Å². The van der Waals surface area contributed by atoms with Gasteiger partial charge in [0.25, 0.3) is 0 Å². The normalized spacial score (nSPS) is 12.4. The lowest BCUT2D eigenvalue weighted by Crippen LogP contribution is -2.24. The van der Waals surface area contributed by atoms with Crippen LogP contribution in [0.3, 0.4) is 0 Å². The average Bonchev–Trinajstić information content (AvgIpc) is 2.61. The predicted molar refractivity (Wildman–Crippen MR) is 99.6 cm³/mol. The fraction of sp³-hybridized carbons (Fsp3) is 0.300. The summed E-state index contributed by atoms with van der Waals surface area (Å²) in [5.41, 5.74) is 2.52. The molecular formula is C20H22N2S. The monoisotopic (exact) mass is 322 g/mol. The molecular weight excluding hydrogens is 300 g/mol. The van der Waals surface area contributed by atoms with Gasteiger partial charge in [0.05, 0.1) is 24.5 Å². The Morgan fingerprint density at radius 2 is 1.43 bits per heavy atom. The van der Waals surface area contributed by atoms with Gasteiger partial charge in [0, 0.05) is 9.79 Å². The first-order valence-electron chi connectivity index (χ1n) is 8.15. The third kappa shape index (κ3) is 3.55. The van der Waals surface area contributed by atoms with Crippen molar-refractivity contribution in [3.8, 4) is 11.8 Å². The summed E-state index contributed by atoms with van der Waals surface area (Å²) in [6.45, 7) is 8.04. The zero-order valence-corrected chi connectivity index (χ0v) is 14.6. The summed E-state index contributed by atoms with van der Waals surface area (Å²) in [7, 11) is 0. The second-order valence-electron chi connectivity index (χ2n) is 5.44. The van der Waals surface area contributed by atoms with Gasteiger partial charge in [-0.2, -0.15) is 0 Å². The second-order valence-corrected chi connectivity index (χ2v) is 6.52. The van der Waals surface area contributed by atoms with E-state index < -0.39 is 0 Å². The molecule has 0 saturated heterocycles. The van der Waals surface area contributed by atoms with Crippen molar-refractivity contribution < 1.29 is 0 Å². The van der Waals surface area contributed by atoms with Crippen molar-refractivity contribution in [3.05, 3.63) is 48.5 Å². The van der Waals surface area contributed by atoms with Crippen LogP contribution in [0.25, 0.3) is 0 Å². The van der Waals surface area contributed by atoms with Gasteiger partial charge in [0.1, 0.15) is 0 Å². The zero-order chi connectivity index (χ0) is 16.1. The number of hydrogen-bond donors (Lipinski definition) is 0. The van der Waals surface area contributed by atoms with Crippen LogP contribution >= 0.6 is 11.8 Å². The molecule has 3 heteroatoms. The topological polar surface area (TPSA) is 6.48 Å². The van der Waals surface area contributed by atoms with Gasteiger partial charge in [0.15, 0.2) is 0 Å². The Balaban J connectivity index is 1.83. The van der Waals surface area contributed by atoms with E-state index in [2.05, 4.69) is 84.0 Å². The molecule has 3 rings (SSSR count). The van der Waals surface area contributed by atoms with Gasteiger partial charge in [-0.15, -0.1) is 0 Å². The van der Waals surface area contributed by atoms with E-state index in [0.717, 1.165) is 26.2 Å². The van der Waals surface area contributed by atoms with Crippen LogP contribution in [0.15, 0.2) is 58.3 Å². The van der Waals surface area contributed by atoms with Crippen LogP contribution in [0.2, 0.25) is 0 Å². The van der Waals surface area contributed by atoms with Crippen molar-refractivity contribution in [1.82, 2.24) is 4.90 Å². The third-order valence-electron chi connectivity index (χ3n) is 4.09. The lowest BCUT2D eigenvalue weighted by Gasteiger charge is -2.31. The summed E-state index contributed by atoms with van der Waals surface area (Å²) in [5.74, 6) is 6.68. The SMILES string of the molecule is CCN(CC)CC#CCN1c2ccccc2Sc2ccccc21. The lowest BCUT2D eigenvalue weighted by atomic mass is 10.2. The molecule has 0 bridgehead atoms. The number of benzene rings is 2. The standard InChI is InChI=1S/C20H22N2S/c1-3-21(4-2)15-9-10-16-22-17-11-5-7-13-19(17)23-20-14-8-6-12-18(20)22/h5-8,11-14H,3-4,15-16H2,1-2H3. The maximum atomic E-state index is 3.36. The molecule has 1 aliphatic heterocycles. The minimum Gasteiger partial charge on any atom is -0.328 e. The van der Waals surface area contributed by atoms with Crippen LogP contribution in [-0.4, -0.2) is 31.1 Å². The van der Waals surface area contributed by atoms with Gasteiger partial charge in [-0.25, -0.2) is 0 Å². The fourth-order valence-corrected chi connectivity index (χ4v) is 3.80. The van der Waals surface area contributed by atoms with Crippen molar-refractivity contribution in [2.75, 3.05) is 31.1 Å². The minimum atomic E-state index is 0.732. The van der Waals surface area contributed by atoms with Crippen LogP contribution in [-0.2, 0) is 0 Å². The Morgan fingerprint density at radius 3 is 2.00 bits per heavy atom. The molecule has 0 aromatic heterocycles. The molecule has 0 N–H and O–H groups in total. The third-order valence-corrected chi connectivity index (χ3v) is 5.22. The van der Waals surface area contributed by atoms with Gasteiger partial charge in [-0.3, -0.25) is 4.90 Å². The highest BCUT2D eigenvalue weighted by Gasteiger charge is 2.21. The van der Waals surface area contributed by atoms with E-state index in [9.17, 15) is 0 Å². The van der Waals surface area contributed by atoms with E-state index in [-0.39, 0.29) is 0 Å². The Labute approximate surface area is 143 Å². The maximum absolute atomic E-state index is 3.36. The molecule has 23 heavy (non-hydrogen) atoms. The number of nitrogens with zero attached hydrogens (tertiary/aromatic N) is 2. The van der Waals surface area contributed by atoms with E-state index in [0.29, 0.717) is 0 Å². The van der Waals surface area contributed by atoms with E-state index in [1.54, 1.807) is 0 Å². The summed E-state index contributed by atoms with van der Waals surface area (Å²) >= 11 is 1.84. The Kier molecular flexibility index (Phi) is 5.27. The molecule has 0 radical (unpaired) electrons. The summed E-state index contributed by atoms with van der Waals surface area (Å²) in [6, 6.07) is 17.1. The van der Waals surface area contributed by atoms with Gasteiger partial charge in [-0.05, 0) is 37.4 Å². The molecule has 0 saturated carbocycles. The quantitative estimate of drug-likeness (QED) is 0.758. The highest BCUT2D eigenvalue weighted by Crippen LogP contribution is 2.47. The van der Waals surface area contributed by atoms with Crippen LogP contribution in [0.1, 0.15) is 13.8 Å². The molecule has 2 nitrogen and oxygen atoms in total. The zero-order valence-electron chi connectivity index (χ0n) is 13.7. The highest BCUT2D eigenvalue weighted by atomic mass is 32.2. The first-order valence-corrected chi connectivity index (χ1v) is 8.96. The Morgan fingerprint density at radius 1 is 0.870 bits per heavy atom. The molecule has 0 amide bonds. The summed E-state index contributed by atoms with van der Waals surface area (Å²) in [6.07, 6.45) is 0. The largest absolute Gasteiger partial charge is 0.328 e. The van der Waals surface area contributed by atoms with Crippen molar-refractivity contribution in [3.63, 3.8) is 0 Å². The maximum Gasteiger partial charge on any atom is 0.0844 e. The highest BCUT2D eigenvalue weighted by molar-refractivity contribution is 7.99. The van der Waals surface area contributed by atoms with Crippen LogP contribution in [0.5, 0.6) is 0 Å². The number of rotatable bonds is 4. The first-order chi connectivity index (χ1) is 11.3. The molecule has 2 aromatic carbocycles. The van der Waals surface area contributed by atoms with Crippen molar-refractivity contribution >= 4 is 23.1 Å². The second kappa shape index (κ2) is 7.59. The molecule has 0 aliphatic carbocycles. The predicted octanol–water partition coefficient (Wildman–Crippen LogP) is 4.63. The first kappa shape index (κ1) is 16.0. The van der Waals surface area contributed by atoms with Gasteiger partial charge in [-0.1, -0.05) is 61.7 Å². The molecule has 0 atom stereocenters. The van der Waals surface area contributed by atoms with Crippen molar-refractivity contribution in [2.24, 2.45) is 0 Å². The summed E-state index contributed by atoms with van der Waals surface area (Å²) in [5, 5.41) is 0. The smallest absolute Gasteiger partial charge is 0.0844 e. The molecule has 2 aromatic rings. The molecule has 1 aliphatic rings. The van der Waals surface area contributed by atoms with E-state index in [1.807, 2.05) is 11.8 Å². The molecule has 0 spiro atoms. The summed E-state index contributed by atoms with van der Waals surface area (Å²) < 4.78 is 0. The van der Waals surface area contributed by atoms with E-state index >= 15 is 0 Å². The number of hydrogen-bond acceptors (Lipinski definition) is 3. The van der Waals surface area contributed by atoms with Gasteiger partial charge >= 0.3 is 0 Å². The Hall–Kier alpha value is -1.89. The Bertz CT molecular complexity index is 680. The molecule has 1 heterocycles. The fourth-order valence-electron chi connectivity index (χ4n) is 2.70. The lowest BCUT2D eigenvalue weighted by molar-refractivity contribution is 0.342. The molecule has 0 fully saturated rings. The van der Waals surface area contributed by atoms with Crippen LogP contribution in [0.4, 0.5) is 11.4 Å². The van der Waals surface area contributed by atoms with Crippen LogP contribution in [0, 0.1) is 11.8 Å². The number of para-hydroxylation sites is 2. The number of fused-ring (bicyclic) bond motifs is 2. The van der Waals surface area contributed by atoms with Crippen molar-refractivity contribution in [2.45, 2.75) is 23.6 Å². The van der Waals surface area contributed by atoms with Crippen molar-refractivity contribution in [1.29, 1.82) is 0 Å².